The summed E-state index contributed by atoms with van der Waals surface area (Å²) in [5, 5.41) is 3.82. The smallest absolute Gasteiger partial charge is 0.173 e. The Balaban J connectivity index is 2.06. The highest BCUT2D eigenvalue weighted by molar-refractivity contribution is 7.80. The van der Waals surface area contributed by atoms with Gasteiger partial charge in [0.05, 0.1) is 21.3 Å². The zero-order chi connectivity index (χ0) is 17.5. The molecule has 0 aliphatic rings. The van der Waals surface area contributed by atoms with E-state index in [4.69, 9.17) is 26.4 Å². The molecule has 0 aliphatic heterocycles. The highest BCUT2D eigenvalue weighted by Gasteiger charge is 2.11. The Morgan fingerprint density at radius 1 is 1.00 bits per heavy atom. The molecule has 0 radical (unpaired) electrons. The molecule has 0 saturated carbocycles. The summed E-state index contributed by atoms with van der Waals surface area (Å²) in [6.45, 7) is 0.614. The van der Waals surface area contributed by atoms with E-state index in [2.05, 4.69) is 5.32 Å². The van der Waals surface area contributed by atoms with Crippen molar-refractivity contribution in [3.8, 4) is 17.2 Å². The van der Waals surface area contributed by atoms with Gasteiger partial charge in [-0.2, -0.15) is 0 Å². The average Bonchev–Trinajstić information content (AvgIpc) is 2.62. The molecule has 0 bridgehead atoms. The molecule has 0 heterocycles. The zero-order valence-corrected chi connectivity index (χ0v) is 15.1. The number of rotatable bonds is 6. The number of thiocarbonyl (C=S) groups is 1. The topological polar surface area (TPSA) is 43.0 Å². The summed E-state index contributed by atoms with van der Waals surface area (Å²) in [5.41, 5.74) is 1.91. The third-order valence-electron chi connectivity index (χ3n) is 3.57. The summed E-state index contributed by atoms with van der Waals surface area (Å²) in [7, 11) is 6.84. The Morgan fingerprint density at radius 3 is 2.38 bits per heavy atom. The standard InChI is InChI=1S/C18H22N2O3S/c1-20(12-13-8-9-16(22-3)11-17(13)23-4)18(24)19-14-6-5-7-15(10-14)21-2/h5-11H,12H2,1-4H3,(H,19,24). The van der Waals surface area contributed by atoms with E-state index in [9.17, 15) is 0 Å². The van der Waals surface area contributed by atoms with Crippen molar-refractivity contribution in [1.82, 2.24) is 4.90 Å². The number of anilines is 1. The van der Waals surface area contributed by atoms with E-state index in [1.807, 2.05) is 54.4 Å². The Hall–Kier alpha value is -2.47. The molecule has 0 atom stereocenters. The first kappa shape index (κ1) is 17.9. The van der Waals surface area contributed by atoms with E-state index in [-0.39, 0.29) is 0 Å². The van der Waals surface area contributed by atoms with Crippen molar-refractivity contribution < 1.29 is 14.2 Å². The van der Waals surface area contributed by atoms with Gasteiger partial charge < -0.3 is 24.4 Å². The second-order valence-corrected chi connectivity index (χ2v) is 5.58. The van der Waals surface area contributed by atoms with Crippen molar-refractivity contribution in [1.29, 1.82) is 0 Å². The summed E-state index contributed by atoms with van der Waals surface area (Å²) < 4.78 is 15.9. The molecule has 2 aromatic carbocycles. The number of ether oxygens (including phenoxy) is 3. The molecule has 128 valence electrons. The van der Waals surface area contributed by atoms with Crippen LogP contribution in [-0.4, -0.2) is 38.4 Å². The minimum absolute atomic E-state index is 0.612. The number of hydrogen-bond acceptors (Lipinski definition) is 4. The van der Waals surface area contributed by atoms with Gasteiger partial charge in [-0.15, -0.1) is 0 Å². The van der Waals surface area contributed by atoms with Crippen molar-refractivity contribution in [2.24, 2.45) is 0 Å². The van der Waals surface area contributed by atoms with Gasteiger partial charge in [-0.25, -0.2) is 0 Å². The first-order valence-electron chi connectivity index (χ1n) is 7.44. The molecular weight excluding hydrogens is 324 g/mol. The number of methoxy groups -OCH3 is 3. The fourth-order valence-electron chi connectivity index (χ4n) is 2.23. The molecule has 2 aromatic rings. The van der Waals surface area contributed by atoms with E-state index < -0.39 is 0 Å². The molecule has 0 amide bonds. The number of hydrogen-bond donors (Lipinski definition) is 1. The van der Waals surface area contributed by atoms with Crippen LogP contribution in [0.15, 0.2) is 42.5 Å². The molecule has 2 rings (SSSR count). The van der Waals surface area contributed by atoms with Crippen LogP contribution in [0.3, 0.4) is 0 Å². The zero-order valence-electron chi connectivity index (χ0n) is 14.3. The van der Waals surface area contributed by atoms with E-state index in [0.717, 1.165) is 28.5 Å². The maximum absolute atomic E-state index is 5.47. The molecule has 1 N–H and O–H groups in total. The molecule has 6 heteroatoms. The largest absolute Gasteiger partial charge is 0.497 e. The second-order valence-electron chi connectivity index (χ2n) is 5.20. The van der Waals surface area contributed by atoms with Gasteiger partial charge in [0.2, 0.25) is 0 Å². The number of benzene rings is 2. The maximum atomic E-state index is 5.47. The van der Waals surface area contributed by atoms with Crippen LogP contribution >= 0.6 is 12.2 Å². The van der Waals surface area contributed by atoms with Crippen molar-refractivity contribution >= 4 is 23.0 Å². The van der Waals surface area contributed by atoms with Crippen LogP contribution in [0, 0.1) is 0 Å². The maximum Gasteiger partial charge on any atom is 0.173 e. The first-order valence-corrected chi connectivity index (χ1v) is 7.85. The van der Waals surface area contributed by atoms with E-state index in [0.29, 0.717) is 11.7 Å². The van der Waals surface area contributed by atoms with Gasteiger partial charge in [0.15, 0.2) is 5.11 Å². The molecule has 0 fully saturated rings. The monoisotopic (exact) mass is 346 g/mol. The third kappa shape index (κ3) is 4.52. The predicted octanol–water partition coefficient (Wildman–Crippen LogP) is 3.54. The van der Waals surface area contributed by atoms with Gasteiger partial charge >= 0.3 is 0 Å². The van der Waals surface area contributed by atoms with E-state index in [1.165, 1.54) is 0 Å². The summed E-state index contributed by atoms with van der Waals surface area (Å²) in [6, 6.07) is 13.4. The molecule has 0 unspecified atom stereocenters. The SMILES string of the molecule is COc1cccc(NC(=S)N(C)Cc2ccc(OC)cc2OC)c1. The van der Waals surface area contributed by atoms with Gasteiger partial charge in [0, 0.05) is 37.0 Å². The Labute approximate surface area is 148 Å². The lowest BCUT2D eigenvalue weighted by Crippen LogP contribution is -2.30. The van der Waals surface area contributed by atoms with Crippen LogP contribution in [-0.2, 0) is 6.54 Å². The minimum atomic E-state index is 0.612. The molecule has 0 aromatic heterocycles. The average molecular weight is 346 g/mol. The molecule has 5 nitrogen and oxygen atoms in total. The molecule has 0 aliphatic carbocycles. The fourth-order valence-corrected chi connectivity index (χ4v) is 2.41. The van der Waals surface area contributed by atoms with Crippen molar-refractivity contribution in [2.75, 3.05) is 33.7 Å². The lowest BCUT2D eigenvalue weighted by molar-refractivity contribution is 0.384. The van der Waals surface area contributed by atoms with Crippen LogP contribution in [0.2, 0.25) is 0 Å². The summed E-state index contributed by atoms with van der Waals surface area (Å²) in [6.07, 6.45) is 0. The minimum Gasteiger partial charge on any atom is -0.497 e. The van der Waals surface area contributed by atoms with Gasteiger partial charge in [-0.05, 0) is 36.5 Å². The van der Waals surface area contributed by atoms with E-state index in [1.54, 1.807) is 21.3 Å². The van der Waals surface area contributed by atoms with Gasteiger partial charge in [0.1, 0.15) is 17.2 Å². The Kier molecular flexibility index (Phi) is 6.26. The summed E-state index contributed by atoms with van der Waals surface area (Å²) in [5.74, 6) is 2.31. The van der Waals surface area contributed by atoms with E-state index >= 15 is 0 Å². The van der Waals surface area contributed by atoms with Gasteiger partial charge in [-0.3, -0.25) is 0 Å². The van der Waals surface area contributed by atoms with Crippen LogP contribution in [0.1, 0.15) is 5.56 Å². The van der Waals surface area contributed by atoms with Crippen molar-refractivity contribution in [2.45, 2.75) is 6.54 Å². The first-order chi connectivity index (χ1) is 11.6. The van der Waals surface area contributed by atoms with Crippen LogP contribution in [0.25, 0.3) is 0 Å². The quantitative estimate of drug-likeness (QED) is 0.807. The van der Waals surface area contributed by atoms with Crippen LogP contribution in [0.5, 0.6) is 17.2 Å². The van der Waals surface area contributed by atoms with Gasteiger partial charge in [0.25, 0.3) is 0 Å². The Bertz CT molecular complexity index is 706. The highest BCUT2D eigenvalue weighted by atomic mass is 32.1. The summed E-state index contributed by atoms with van der Waals surface area (Å²) >= 11 is 5.47. The molecule has 24 heavy (non-hydrogen) atoms. The summed E-state index contributed by atoms with van der Waals surface area (Å²) in [4.78, 5) is 1.94. The highest BCUT2D eigenvalue weighted by Crippen LogP contribution is 2.25. The molecule has 0 spiro atoms. The predicted molar refractivity (Wildman–Crippen MR) is 100 cm³/mol. The number of nitrogens with zero attached hydrogens (tertiary/aromatic N) is 1. The second kappa shape index (κ2) is 8.40. The molecule has 0 saturated heterocycles. The molecular formula is C18H22N2O3S. The third-order valence-corrected chi connectivity index (χ3v) is 3.98. The van der Waals surface area contributed by atoms with Crippen molar-refractivity contribution in [3.05, 3.63) is 48.0 Å². The van der Waals surface area contributed by atoms with Crippen LogP contribution < -0.4 is 19.5 Å². The normalized spacial score (nSPS) is 10.0. The Morgan fingerprint density at radius 2 is 1.71 bits per heavy atom. The van der Waals surface area contributed by atoms with Crippen molar-refractivity contribution in [3.63, 3.8) is 0 Å². The van der Waals surface area contributed by atoms with Gasteiger partial charge in [-0.1, -0.05) is 6.07 Å². The number of nitrogens with one attached hydrogen (secondary N) is 1. The van der Waals surface area contributed by atoms with Crippen LogP contribution in [0.4, 0.5) is 5.69 Å². The lowest BCUT2D eigenvalue weighted by atomic mass is 10.2. The lowest BCUT2D eigenvalue weighted by Gasteiger charge is -2.22. The fraction of sp³-hybridized carbons (Fsp3) is 0.278.